The summed E-state index contributed by atoms with van der Waals surface area (Å²) >= 11 is 5.99. The lowest BCUT2D eigenvalue weighted by Gasteiger charge is -2.22. The molecule has 0 fully saturated rings. The average Bonchev–Trinajstić information content (AvgIpc) is 3.24. The molecule has 1 amide bonds. The Morgan fingerprint density at radius 3 is 2.51 bits per heavy atom. The number of benzene rings is 3. The maximum Gasteiger partial charge on any atom is 0.338 e. The number of hydrogen-bond acceptors (Lipinski definition) is 7. The van der Waals surface area contributed by atoms with Crippen molar-refractivity contribution in [2.24, 2.45) is 0 Å². The third kappa shape index (κ3) is 4.41. The molecule has 0 spiro atoms. The van der Waals surface area contributed by atoms with E-state index < -0.39 is 21.7 Å². The van der Waals surface area contributed by atoms with Crippen LogP contribution in [0.2, 0.25) is 5.02 Å². The second-order valence-electron chi connectivity index (χ2n) is 8.32. The van der Waals surface area contributed by atoms with Gasteiger partial charge in [-0.3, -0.25) is 4.79 Å². The van der Waals surface area contributed by atoms with E-state index in [1.807, 2.05) is 0 Å². The molecule has 3 aromatic carbocycles. The van der Waals surface area contributed by atoms with E-state index in [0.29, 0.717) is 27.9 Å². The number of nitrogens with zero attached hydrogens (tertiary/aromatic N) is 2. The zero-order chi connectivity index (χ0) is 26.3. The Balaban J connectivity index is 1.66. The standard InChI is InChI=1S/C27H21ClN2O6S/c1-3-35-27(32)18-10-13-24-22(14-18)30(26(31)20-6-4-5-7-23(20)37(24,33)34)15-21-16(2)36-25(29-21)17-8-11-19(28)12-9-17/h4-14H,3,15H2,1-2H3. The molecular weight excluding hydrogens is 516 g/mol. The highest BCUT2D eigenvalue weighted by Gasteiger charge is 2.36. The normalized spacial score (nSPS) is 14.0. The van der Waals surface area contributed by atoms with Crippen LogP contribution in [0.4, 0.5) is 5.69 Å². The number of sulfone groups is 1. The van der Waals surface area contributed by atoms with Crippen LogP contribution in [0.3, 0.4) is 0 Å². The summed E-state index contributed by atoms with van der Waals surface area (Å²) in [6.45, 7) is 3.44. The number of halogens is 1. The number of carbonyl (C=O) groups is 2. The molecule has 2 heterocycles. The molecule has 0 N–H and O–H groups in total. The smallest absolute Gasteiger partial charge is 0.338 e. The molecule has 0 unspecified atom stereocenters. The summed E-state index contributed by atoms with van der Waals surface area (Å²) in [5.41, 5.74) is 1.33. The minimum Gasteiger partial charge on any atom is -0.462 e. The quantitative estimate of drug-likeness (QED) is 0.311. The van der Waals surface area contributed by atoms with Crippen LogP contribution in [0, 0.1) is 6.92 Å². The summed E-state index contributed by atoms with van der Waals surface area (Å²) in [5.74, 6) is -0.380. The van der Waals surface area contributed by atoms with Gasteiger partial charge >= 0.3 is 5.97 Å². The van der Waals surface area contributed by atoms with Gasteiger partial charge in [0.25, 0.3) is 5.91 Å². The van der Waals surface area contributed by atoms with Gasteiger partial charge in [-0.25, -0.2) is 18.2 Å². The van der Waals surface area contributed by atoms with Crippen LogP contribution >= 0.6 is 11.6 Å². The van der Waals surface area contributed by atoms with E-state index in [1.165, 1.54) is 35.2 Å². The Morgan fingerprint density at radius 2 is 1.78 bits per heavy atom. The summed E-state index contributed by atoms with van der Waals surface area (Å²) in [5, 5.41) is 0.566. The molecule has 10 heteroatoms. The number of anilines is 1. The van der Waals surface area contributed by atoms with Crippen LogP contribution in [0.15, 0.2) is 80.9 Å². The Labute approximate surface area is 218 Å². The molecule has 4 aromatic rings. The van der Waals surface area contributed by atoms with Crippen molar-refractivity contribution in [3.05, 3.63) is 94.3 Å². The molecule has 0 saturated carbocycles. The lowest BCUT2D eigenvalue weighted by molar-refractivity contribution is 0.0526. The fourth-order valence-corrected chi connectivity index (χ4v) is 5.90. The molecule has 1 aliphatic heterocycles. The van der Waals surface area contributed by atoms with Crippen LogP contribution in [-0.2, 0) is 21.1 Å². The van der Waals surface area contributed by atoms with E-state index in [2.05, 4.69) is 4.98 Å². The fraction of sp³-hybridized carbons (Fsp3) is 0.148. The second-order valence-corrected chi connectivity index (χ2v) is 10.6. The van der Waals surface area contributed by atoms with Crippen LogP contribution < -0.4 is 4.90 Å². The highest BCUT2D eigenvalue weighted by Crippen LogP contribution is 2.38. The molecule has 0 saturated heterocycles. The van der Waals surface area contributed by atoms with Gasteiger partial charge in [-0.2, -0.15) is 0 Å². The zero-order valence-electron chi connectivity index (χ0n) is 19.9. The summed E-state index contributed by atoms with van der Waals surface area (Å²) < 4.78 is 38.2. The summed E-state index contributed by atoms with van der Waals surface area (Å²) in [7, 11) is -4.07. The van der Waals surface area contributed by atoms with Gasteiger partial charge in [0.1, 0.15) is 11.5 Å². The van der Waals surface area contributed by atoms with E-state index >= 15 is 0 Å². The molecular formula is C27H21ClN2O6S. The number of carbonyl (C=O) groups excluding carboxylic acids is 2. The highest BCUT2D eigenvalue weighted by atomic mass is 35.5. The Hall–Kier alpha value is -3.95. The Bertz CT molecular complexity index is 1640. The molecule has 0 aliphatic carbocycles. The first-order valence-corrected chi connectivity index (χ1v) is 13.3. The Kier molecular flexibility index (Phi) is 6.35. The highest BCUT2D eigenvalue weighted by molar-refractivity contribution is 7.91. The maximum atomic E-state index is 13.8. The molecule has 0 bridgehead atoms. The molecule has 8 nitrogen and oxygen atoms in total. The number of fused-ring (bicyclic) bond motifs is 2. The van der Waals surface area contributed by atoms with Gasteiger partial charge in [-0.15, -0.1) is 0 Å². The molecule has 37 heavy (non-hydrogen) atoms. The van der Waals surface area contributed by atoms with E-state index in [9.17, 15) is 18.0 Å². The molecule has 188 valence electrons. The second kappa shape index (κ2) is 9.49. The Morgan fingerprint density at radius 1 is 1.05 bits per heavy atom. The number of aryl methyl sites for hydroxylation is 1. The summed E-state index contributed by atoms with van der Waals surface area (Å²) in [4.78, 5) is 31.9. The maximum absolute atomic E-state index is 13.8. The first kappa shape index (κ1) is 24.7. The van der Waals surface area contributed by atoms with Crippen molar-refractivity contribution in [1.82, 2.24) is 4.98 Å². The van der Waals surface area contributed by atoms with E-state index in [-0.39, 0.29) is 39.8 Å². The van der Waals surface area contributed by atoms with Crippen molar-refractivity contribution in [2.75, 3.05) is 11.5 Å². The van der Waals surface area contributed by atoms with Crippen LogP contribution in [0.5, 0.6) is 0 Å². The van der Waals surface area contributed by atoms with E-state index in [4.69, 9.17) is 20.8 Å². The number of hydrogen-bond donors (Lipinski definition) is 0. The van der Waals surface area contributed by atoms with Crippen molar-refractivity contribution in [2.45, 2.75) is 30.2 Å². The van der Waals surface area contributed by atoms with Crippen molar-refractivity contribution >= 4 is 39.0 Å². The van der Waals surface area contributed by atoms with E-state index in [0.717, 1.165) is 0 Å². The van der Waals surface area contributed by atoms with Gasteiger partial charge in [0.15, 0.2) is 0 Å². The lowest BCUT2D eigenvalue weighted by Crippen LogP contribution is -2.31. The zero-order valence-corrected chi connectivity index (χ0v) is 21.5. The van der Waals surface area contributed by atoms with E-state index in [1.54, 1.807) is 50.2 Å². The fourth-order valence-electron chi connectivity index (χ4n) is 4.15. The van der Waals surface area contributed by atoms with Gasteiger partial charge in [0.2, 0.25) is 15.7 Å². The number of ether oxygens (including phenoxy) is 1. The summed E-state index contributed by atoms with van der Waals surface area (Å²) in [6, 6.07) is 17.0. The minimum absolute atomic E-state index is 0.0236. The largest absolute Gasteiger partial charge is 0.462 e. The molecule has 0 radical (unpaired) electrons. The average molecular weight is 537 g/mol. The number of esters is 1. The van der Waals surface area contributed by atoms with Crippen LogP contribution in [0.25, 0.3) is 11.5 Å². The van der Waals surface area contributed by atoms with Crippen molar-refractivity contribution in [3.63, 3.8) is 0 Å². The number of oxazole rings is 1. The first-order chi connectivity index (χ1) is 17.7. The predicted molar refractivity (Wildman–Crippen MR) is 136 cm³/mol. The number of rotatable bonds is 5. The first-order valence-electron chi connectivity index (χ1n) is 11.4. The topological polar surface area (TPSA) is 107 Å². The number of aromatic nitrogens is 1. The molecule has 0 atom stereocenters. The van der Waals surface area contributed by atoms with Crippen LogP contribution in [-0.4, -0.2) is 31.9 Å². The number of amides is 1. The minimum atomic E-state index is -4.07. The third-order valence-corrected chi connectivity index (χ3v) is 8.11. The predicted octanol–water partition coefficient (Wildman–Crippen LogP) is 5.47. The van der Waals surface area contributed by atoms with Gasteiger partial charge < -0.3 is 14.1 Å². The van der Waals surface area contributed by atoms with Gasteiger partial charge in [0.05, 0.1) is 39.8 Å². The summed E-state index contributed by atoms with van der Waals surface area (Å²) in [6.07, 6.45) is 0. The van der Waals surface area contributed by atoms with Crippen molar-refractivity contribution in [3.8, 4) is 11.5 Å². The molecule has 5 rings (SSSR count). The van der Waals surface area contributed by atoms with Crippen molar-refractivity contribution in [1.29, 1.82) is 0 Å². The monoisotopic (exact) mass is 536 g/mol. The third-order valence-electron chi connectivity index (χ3n) is 5.99. The van der Waals surface area contributed by atoms with Crippen LogP contribution in [0.1, 0.15) is 39.1 Å². The molecule has 1 aliphatic rings. The van der Waals surface area contributed by atoms with Gasteiger partial charge in [-0.05, 0) is 68.4 Å². The SMILES string of the molecule is CCOC(=O)c1ccc2c(c1)N(Cc1nc(-c3ccc(Cl)cc3)oc1C)C(=O)c1ccccc1S2(=O)=O. The van der Waals surface area contributed by atoms with Crippen molar-refractivity contribution < 1.29 is 27.2 Å². The molecule has 1 aromatic heterocycles. The lowest BCUT2D eigenvalue weighted by atomic mass is 10.1. The van der Waals surface area contributed by atoms with Gasteiger partial charge in [-0.1, -0.05) is 23.7 Å². The van der Waals surface area contributed by atoms with Gasteiger partial charge in [0, 0.05) is 10.6 Å².